The molecule has 0 unspecified atom stereocenters. The molecule has 0 amide bonds. The molecule has 4 heteroatoms. The van der Waals surface area contributed by atoms with Crippen LogP contribution in [-0.4, -0.2) is 11.7 Å². The minimum absolute atomic E-state index is 0.191. The maximum absolute atomic E-state index is 12.9. The van der Waals surface area contributed by atoms with Crippen molar-refractivity contribution in [3.8, 4) is 0 Å². The van der Waals surface area contributed by atoms with Crippen molar-refractivity contribution in [2.75, 3.05) is 6.61 Å². The Bertz CT molecular complexity index is 312. The van der Waals surface area contributed by atoms with E-state index in [1.54, 1.807) is 0 Å². The first-order valence-electron chi connectivity index (χ1n) is 3.64. The van der Waals surface area contributed by atoms with Gasteiger partial charge in [-0.25, -0.2) is 13.2 Å². The van der Waals surface area contributed by atoms with Gasteiger partial charge in [0.1, 0.15) is 5.82 Å². The molecule has 1 radical (unpaired) electrons. The Morgan fingerprint density at radius 3 is 2.46 bits per heavy atom. The van der Waals surface area contributed by atoms with Crippen LogP contribution in [0, 0.1) is 23.4 Å². The number of aliphatic hydroxyl groups excluding tert-OH is 1. The van der Waals surface area contributed by atoms with E-state index in [2.05, 4.69) is 0 Å². The summed E-state index contributed by atoms with van der Waals surface area (Å²) in [7, 11) is 0. The average Bonchev–Trinajstić information content (AvgIpc) is 2.10. The number of rotatable bonds is 2. The van der Waals surface area contributed by atoms with E-state index in [1.807, 2.05) is 0 Å². The lowest BCUT2D eigenvalue weighted by Gasteiger charge is -2.09. The first-order chi connectivity index (χ1) is 6.06. The van der Waals surface area contributed by atoms with Gasteiger partial charge in [0.15, 0.2) is 11.6 Å². The van der Waals surface area contributed by atoms with Crippen molar-refractivity contribution in [2.24, 2.45) is 0 Å². The maximum Gasteiger partial charge on any atom is 0.162 e. The molecule has 0 saturated heterocycles. The first-order valence-corrected chi connectivity index (χ1v) is 3.64. The van der Waals surface area contributed by atoms with Gasteiger partial charge < -0.3 is 5.11 Å². The zero-order valence-electron chi connectivity index (χ0n) is 6.94. The molecular formula is C9H8F3O. The van der Waals surface area contributed by atoms with Crippen molar-refractivity contribution in [3.63, 3.8) is 0 Å². The van der Waals surface area contributed by atoms with Crippen LogP contribution in [0.5, 0.6) is 0 Å². The third-order valence-electron chi connectivity index (χ3n) is 1.69. The quantitative estimate of drug-likeness (QED) is 0.706. The van der Waals surface area contributed by atoms with E-state index in [-0.39, 0.29) is 11.5 Å². The van der Waals surface area contributed by atoms with Crippen LogP contribution in [0.2, 0.25) is 0 Å². The van der Waals surface area contributed by atoms with Crippen LogP contribution in [0.4, 0.5) is 13.2 Å². The zero-order chi connectivity index (χ0) is 10.0. The minimum atomic E-state index is -1.25. The molecule has 1 aromatic carbocycles. The van der Waals surface area contributed by atoms with Gasteiger partial charge in [-0.2, -0.15) is 0 Å². The summed E-state index contributed by atoms with van der Waals surface area (Å²) in [6.45, 7) is 0.969. The SMILES string of the molecule is C[C](CO)c1cc(F)cc(F)c1F. The number of aliphatic hydroxyl groups is 1. The average molecular weight is 189 g/mol. The van der Waals surface area contributed by atoms with Gasteiger partial charge in [-0.05, 0) is 6.07 Å². The van der Waals surface area contributed by atoms with Crippen molar-refractivity contribution in [3.05, 3.63) is 41.1 Å². The lowest BCUT2D eigenvalue weighted by Crippen LogP contribution is -2.05. The molecule has 1 rings (SSSR count). The van der Waals surface area contributed by atoms with E-state index in [0.29, 0.717) is 6.07 Å². The second-order valence-electron chi connectivity index (χ2n) is 2.69. The number of halogens is 3. The molecule has 0 bridgehead atoms. The molecule has 1 aromatic rings. The third kappa shape index (κ3) is 2.01. The van der Waals surface area contributed by atoms with E-state index in [1.165, 1.54) is 6.92 Å². The highest BCUT2D eigenvalue weighted by Crippen LogP contribution is 2.21. The normalized spacial score (nSPS) is 10.9. The van der Waals surface area contributed by atoms with Crippen LogP contribution < -0.4 is 0 Å². The smallest absolute Gasteiger partial charge is 0.162 e. The van der Waals surface area contributed by atoms with Crippen LogP contribution in [0.1, 0.15) is 12.5 Å². The highest BCUT2D eigenvalue weighted by molar-refractivity contribution is 5.32. The highest BCUT2D eigenvalue weighted by Gasteiger charge is 2.16. The number of hydrogen-bond acceptors (Lipinski definition) is 1. The summed E-state index contributed by atoms with van der Waals surface area (Å²) in [6.07, 6.45) is 0. The van der Waals surface area contributed by atoms with Gasteiger partial charge in [-0.15, -0.1) is 0 Å². The van der Waals surface area contributed by atoms with Crippen LogP contribution in [0.25, 0.3) is 0 Å². The van der Waals surface area contributed by atoms with Gasteiger partial charge in [-0.1, -0.05) is 6.92 Å². The minimum Gasteiger partial charge on any atom is -0.395 e. The Morgan fingerprint density at radius 2 is 1.92 bits per heavy atom. The number of hydrogen-bond donors (Lipinski definition) is 1. The predicted molar refractivity (Wildman–Crippen MR) is 41.4 cm³/mol. The first kappa shape index (κ1) is 10.1. The lowest BCUT2D eigenvalue weighted by atomic mass is 10.0. The summed E-state index contributed by atoms with van der Waals surface area (Å²) in [5.41, 5.74) is -0.222. The van der Waals surface area contributed by atoms with Crippen LogP contribution >= 0.6 is 0 Å². The van der Waals surface area contributed by atoms with Crippen molar-refractivity contribution < 1.29 is 18.3 Å². The molecule has 0 aliphatic heterocycles. The second-order valence-corrected chi connectivity index (χ2v) is 2.69. The molecule has 1 N–H and O–H groups in total. The molecule has 71 valence electrons. The van der Waals surface area contributed by atoms with E-state index in [9.17, 15) is 13.2 Å². The van der Waals surface area contributed by atoms with Crippen LogP contribution in [-0.2, 0) is 0 Å². The standard InChI is InChI=1S/C9H8F3O/c1-5(4-13)7-2-6(10)3-8(11)9(7)12/h2-3,13H,4H2,1H3. The monoisotopic (exact) mass is 189 g/mol. The fourth-order valence-corrected chi connectivity index (χ4v) is 0.952. The Morgan fingerprint density at radius 1 is 1.31 bits per heavy atom. The Labute approximate surface area is 73.8 Å². The van der Waals surface area contributed by atoms with E-state index < -0.39 is 24.1 Å². The summed E-state index contributed by atoms with van der Waals surface area (Å²) in [5, 5.41) is 8.65. The molecule has 0 aliphatic rings. The molecule has 0 aromatic heterocycles. The summed E-state index contributed by atoms with van der Waals surface area (Å²) in [4.78, 5) is 0. The van der Waals surface area contributed by atoms with E-state index in [0.717, 1.165) is 6.07 Å². The predicted octanol–water partition coefficient (Wildman–Crippen LogP) is 2.04. The Balaban J connectivity index is 3.20. The molecule has 0 fully saturated rings. The molecular weight excluding hydrogens is 181 g/mol. The molecule has 1 nitrogen and oxygen atoms in total. The molecule has 0 spiro atoms. The van der Waals surface area contributed by atoms with E-state index in [4.69, 9.17) is 5.11 Å². The number of benzene rings is 1. The summed E-state index contributed by atoms with van der Waals surface area (Å²) < 4.78 is 38.2. The summed E-state index contributed by atoms with van der Waals surface area (Å²) in [6, 6.07) is 1.31. The molecule has 0 atom stereocenters. The van der Waals surface area contributed by atoms with Gasteiger partial charge in [0.25, 0.3) is 0 Å². The highest BCUT2D eigenvalue weighted by atomic mass is 19.2. The van der Waals surface area contributed by atoms with Gasteiger partial charge in [0.2, 0.25) is 0 Å². The fourth-order valence-electron chi connectivity index (χ4n) is 0.952. The van der Waals surface area contributed by atoms with Crippen molar-refractivity contribution >= 4 is 0 Å². The van der Waals surface area contributed by atoms with Crippen molar-refractivity contribution in [1.82, 2.24) is 0 Å². The Hall–Kier alpha value is -1.03. The van der Waals surface area contributed by atoms with Crippen molar-refractivity contribution in [2.45, 2.75) is 6.92 Å². The maximum atomic E-state index is 12.9. The topological polar surface area (TPSA) is 20.2 Å². The lowest BCUT2D eigenvalue weighted by molar-refractivity contribution is 0.312. The second kappa shape index (κ2) is 3.79. The molecule has 0 saturated carbocycles. The fraction of sp³-hybridized carbons (Fsp3) is 0.222. The molecule has 13 heavy (non-hydrogen) atoms. The van der Waals surface area contributed by atoms with Crippen molar-refractivity contribution in [1.29, 1.82) is 0 Å². The van der Waals surface area contributed by atoms with Gasteiger partial charge in [-0.3, -0.25) is 0 Å². The van der Waals surface area contributed by atoms with Crippen LogP contribution in [0.15, 0.2) is 12.1 Å². The van der Waals surface area contributed by atoms with Gasteiger partial charge >= 0.3 is 0 Å². The Kier molecular flexibility index (Phi) is 2.93. The van der Waals surface area contributed by atoms with Gasteiger partial charge in [0, 0.05) is 17.5 Å². The van der Waals surface area contributed by atoms with Gasteiger partial charge in [0.05, 0.1) is 6.61 Å². The summed E-state index contributed by atoms with van der Waals surface area (Å²) >= 11 is 0. The zero-order valence-corrected chi connectivity index (χ0v) is 6.94. The molecule has 0 aliphatic carbocycles. The summed E-state index contributed by atoms with van der Waals surface area (Å²) in [5.74, 6) is -3.05. The third-order valence-corrected chi connectivity index (χ3v) is 1.69. The van der Waals surface area contributed by atoms with E-state index >= 15 is 0 Å². The largest absolute Gasteiger partial charge is 0.395 e. The molecule has 0 heterocycles. The van der Waals surface area contributed by atoms with Crippen LogP contribution in [0.3, 0.4) is 0 Å².